The Hall–Kier alpha value is -1.62. The first kappa shape index (κ1) is 14.8. The zero-order valence-electron chi connectivity index (χ0n) is 11.6. The number of benzene rings is 2. The van der Waals surface area contributed by atoms with Crippen LogP contribution in [0, 0.1) is 0 Å². The molecule has 3 aromatic rings. The topological polar surface area (TPSA) is 8.81 Å². The summed E-state index contributed by atoms with van der Waals surface area (Å²) in [6.45, 7) is 0. The minimum Gasteiger partial charge on any atom is -1.00 e. The fourth-order valence-electron chi connectivity index (χ4n) is 2.40. The van der Waals surface area contributed by atoms with Crippen LogP contribution < -0.4 is 28.7 Å². The highest BCUT2D eigenvalue weighted by atomic mass is 127. The van der Waals surface area contributed by atoms with Gasteiger partial charge < -0.3 is 24.0 Å². The van der Waals surface area contributed by atoms with E-state index in [9.17, 15) is 0 Å². The van der Waals surface area contributed by atoms with E-state index in [0.29, 0.717) is 0 Å². The summed E-state index contributed by atoms with van der Waals surface area (Å²) in [5.74, 6) is 0. The Kier molecular flexibility index (Phi) is 4.60. The first-order chi connectivity index (χ1) is 9.27. The molecule has 1 heterocycles. The number of hydrogen-bond donors (Lipinski definition) is 0. The zero-order chi connectivity index (χ0) is 13.2. The van der Waals surface area contributed by atoms with Crippen LogP contribution >= 0.6 is 0 Å². The molecule has 3 rings (SSSR count). The molecule has 0 aliphatic rings. The minimum absolute atomic E-state index is 0. The minimum atomic E-state index is 0. The van der Waals surface area contributed by atoms with E-state index < -0.39 is 0 Å². The van der Waals surface area contributed by atoms with Crippen molar-refractivity contribution in [2.45, 2.75) is 0 Å². The summed E-state index contributed by atoms with van der Waals surface area (Å²) < 4.78 is 4.36. The summed E-state index contributed by atoms with van der Waals surface area (Å²) in [6, 6.07) is 23.2. The van der Waals surface area contributed by atoms with E-state index in [2.05, 4.69) is 78.1 Å². The van der Waals surface area contributed by atoms with Crippen molar-refractivity contribution in [1.29, 1.82) is 0 Å². The van der Waals surface area contributed by atoms with Crippen molar-refractivity contribution in [3.8, 4) is 22.5 Å². The highest BCUT2D eigenvalue weighted by Crippen LogP contribution is 2.23. The van der Waals surface area contributed by atoms with E-state index in [1.54, 1.807) is 0 Å². The molecule has 0 unspecified atom stereocenters. The number of rotatable bonds is 2. The van der Waals surface area contributed by atoms with Gasteiger partial charge in [0.05, 0.1) is 7.05 Å². The summed E-state index contributed by atoms with van der Waals surface area (Å²) in [7, 11) is 4.18. The molecule has 0 saturated carbocycles. The SMILES string of the molecule is Cn1c(-c2ccccc2)cc(-c2ccccc2)[n+]1C.[I-]. The van der Waals surface area contributed by atoms with Gasteiger partial charge in [-0.3, -0.25) is 0 Å². The maximum atomic E-state index is 2.24. The third-order valence-electron chi connectivity index (χ3n) is 3.56. The average Bonchev–Trinajstić information content (AvgIpc) is 2.77. The van der Waals surface area contributed by atoms with Crippen molar-refractivity contribution in [2.75, 3.05) is 0 Å². The molecule has 0 aliphatic heterocycles. The molecule has 3 heteroatoms. The number of halogens is 1. The van der Waals surface area contributed by atoms with Crippen LogP contribution in [0.4, 0.5) is 0 Å². The molecule has 0 fully saturated rings. The fourth-order valence-corrected chi connectivity index (χ4v) is 2.40. The molecule has 0 bridgehead atoms. The summed E-state index contributed by atoms with van der Waals surface area (Å²) >= 11 is 0. The van der Waals surface area contributed by atoms with Gasteiger partial charge in [0.25, 0.3) is 0 Å². The molecule has 20 heavy (non-hydrogen) atoms. The Morgan fingerprint density at radius 1 is 0.800 bits per heavy atom. The van der Waals surface area contributed by atoms with E-state index in [4.69, 9.17) is 0 Å². The lowest BCUT2D eigenvalue weighted by Gasteiger charge is -1.99. The van der Waals surface area contributed by atoms with Gasteiger partial charge in [0.2, 0.25) is 5.69 Å². The highest BCUT2D eigenvalue weighted by Gasteiger charge is 2.19. The molecule has 2 aromatic carbocycles. The first-order valence-electron chi connectivity index (χ1n) is 6.44. The molecule has 1 aromatic heterocycles. The molecule has 0 N–H and O–H groups in total. The Labute approximate surface area is 136 Å². The van der Waals surface area contributed by atoms with Crippen molar-refractivity contribution in [3.05, 3.63) is 66.7 Å². The number of nitrogens with zero attached hydrogens (tertiary/aromatic N) is 2. The molecule has 0 aliphatic carbocycles. The second-order valence-electron chi connectivity index (χ2n) is 4.69. The van der Waals surface area contributed by atoms with Crippen LogP contribution in [0.3, 0.4) is 0 Å². The van der Waals surface area contributed by atoms with Gasteiger partial charge in [0, 0.05) is 17.2 Å². The number of aromatic nitrogens is 2. The van der Waals surface area contributed by atoms with Gasteiger partial charge in [-0.25, -0.2) is 0 Å². The second-order valence-corrected chi connectivity index (χ2v) is 4.69. The first-order valence-corrected chi connectivity index (χ1v) is 6.44. The largest absolute Gasteiger partial charge is 1.00 e. The lowest BCUT2D eigenvalue weighted by Crippen LogP contribution is -3.00. The standard InChI is InChI=1S/C17H17N2.HI/c1-18-16(14-9-5-3-6-10-14)13-17(19(18)2)15-11-7-4-8-12-15;/h3-13H,1-2H3;1H/q+1;/p-1. The average molecular weight is 376 g/mol. The van der Waals surface area contributed by atoms with Crippen LogP contribution in [0.5, 0.6) is 0 Å². The highest BCUT2D eigenvalue weighted by molar-refractivity contribution is 5.66. The van der Waals surface area contributed by atoms with Crippen molar-refractivity contribution in [1.82, 2.24) is 4.68 Å². The van der Waals surface area contributed by atoms with E-state index in [0.717, 1.165) is 0 Å². The smallest absolute Gasteiger partial charge is 0.238 e. The van der Waals surface area contributed by atoms with E-state index in [1.807, 2.05) is 12.1 Å². The zero-order valence-corrected chi connectivity index (χ0v) is 13.8. The van der Waals surface area contributed by atoms with Gasteiger partial charge in [-0.15, -0.1) is 4.68 Å². The summed E-state index contributed by atoms with van der Waals surface area (Å²) in [6.07, 6.45) is 0. The third kappa shape index (κ3) is 2.63. The molecule has 0 saturated heterocycles. The van der Waals surface area contributed by atoms with Crippen molar-refractivity contribution < 1.29 is 28.7 Å². The molecule has 0 amide bonds. The van der Waals surface area contributed by atoms with Crippen LogP contribution in [0.25, 0.3) is 22.5 Å². The summed E-state index contributed by atoms with van der Waals surface area (Å²) in [5.41, 5.74) is 4.93. The Bertz CT molecular complexity index is 628. The van der Waals surface area contributed by atoms with Gasteiger partial charge in [-0.05, 0) is 12.1 Å². The second kappa shape index (κ2) is 6.22. The van der Waals surface area contributed by atoms with Crippen LogP contribution in [-0.4, -0.2) is 4.68 Å². The van der Waals surface area contributed by atoms with Gasteiger partial charge in [0.15, 0.2) is 7.05 Å². The van der Waals surface area contributed by atoms with E-state index in [-0.39, 0.29) is 24.0 Å². The predicted octanol–water partition coefficient (Wildman–Crippen LogP) is 0.188. The molecular formula is C17H17IN2. The normalized spacial score (nSPS) is 10.1. The summed E-state index contributed by atoms with van der Waals surface area (Å²) in [4.78, 5) is 0. The van der Waals surface area contributed by atoms with Crippen molar-refractivity contribution in [2.24, 2.45) is 14.1 Å². The van der Waals surface area contributed by atoms with Crippen LogP contribution in [0.1, 0.15) is 0 Å². The molecule has 2 nitrogen and oxygen atoms in total. The Morgan fingerprint density at radius 3 is 1.85 bits per heavy atom. The Morgan fingerprint density at radius 2 is 1.30 bits per heavy atom. The maximum absolute atomic E-state index is 2.24. The molecule has 0 radical (unpaired) electrons. The number of hydrogen-bond acceptors (Lipinski definition) is 0. The summed E-state index contributed by atoms with van der Waals surface area (Å²) in [5, 5.41) is 0. The van der Waals surface area contributed by atoms with Gasteiger partial charge in [-0.2, -0.15) is 4.68 Å². The third-order valence-corrected chi connectivity index (χ3v) is 3.56. The van der Waals surface area contributed by atoms with E-state index in [1.165, 1.54) is 22.5 Å². The fraction of sp³-hybridized carbons (Fsp3) is 0.118. The van der Waals surface area contributed by atoms with Gasteiger partial charge in [0.1, 0.15) is 5.69 Å². The van der Waals surface area contributed by atoms with Crippen molar-refractivity contribution in [3.63, 3.8) is 0 Å². The van der Waals surface area contributed by atoms with Crippen LogP contribution in [-0.2, 0) is 14.1 Å². The van der Waals surface area contributed by atoms with Crippen LogP contribution in [0.15, 0.2) is 66.7 Å². The maximum Gasteiger partial charge on any atom is 0.238 e. The predicted molar refractivity (Wildman–Crippen MR) is 77.5 cm³/mol. The quantitative estimate of drug-likeness (QED) is 0.446. The van der Waals surface area contributed by atoms with E-state index >= 15 is 0 Å². The van der Waals surface area contributed by atoms with Gasteiger partial charge in [-0.1, -0.05) is 48.5 Å². The molecular weight excluding hydrogens is 359 g/mol. The monoisotopic (exact) mass is 376 g/mol. The lowest BCUT2D eigenvalue weighted by atomic mass is 10.1. The molecule has 0 atom stereocenters. The van der Waals surface area contributed by atoms with Crippen molar-refractivity contribution >= 4 is 0 Å². The van der Waals surface area contributed by atoms with Crippen LogP contribution in [0.2, 0.25) is 0 Å². The lowest BCUT2D eigenvalue weighted by molar-refractivity contribution is -0.740. The molecule has 0 spiro atoms. The van der Waals surface area contributed by atoms with Gasteiger partial charge >= 0.3 is 0 Å². The Balaban J connectivity index is 0.00000147. The molecule has 102 valence electrons.